The fourth-order valence-electron chi connectivity index (χ4n) is 1.63. The lowest BCUT2D eigenvalue weighted by molar-refractivity contribution is -0.137. The molecule has 1 rings (SSSR count). The molecule has 18 heavy (non-hydrogen) atoms. The number of halogens is 2. The van der Waals surface area contributed by atoms with Gasteiger partial charge in [-0.05, 0) is 19.9 Å². The first-order chi connectivity index (χ1) is 8.40. The van der Waals surface area contributed by atoms with Gasteiger partial charge < -0.3 is 5.11 Å². The van der Waals surface area contributed by atoms with Crippen molar-refractivity contribution in [3.63, 3.8) is 0 Å². The second-order valence-corrected chi connectivity index (χ2v) is 4.44. The molecule has 0 atom stereocenters. The molecular weight excluding hydrogens is 240 g/mol. The van der Waals surface area contributed by atoms with Crippen LogP contribution in [0.25, 0.3) is 0 Å². The van der Waals surface area contributed by atoms with E-state index in [1.165, 1.54) is 12.1 Å². The summed E-state index contributed by atoms with van der Waals surface area (Å²) in [5, 5.41) is 8.65. The van der Waals surface area contributed by atoms with Gasteiger partial charge in [-0.3, -0.25) is 9.69 Å². The van der Waals surface area contributed by atoms with Crippen molar-refractivity contribution in [3.8, 4) is 0 Å². The van der Waals surface area contributed by atoms with Crippen LogP contribution in [-0.2, 0) is 11.3 Å². The molecule has 0 aliphatic carbocycles. The van der Waals surface area contributed by atoms with Crippen molar-refractivity contribution in [2.75, 3.05) is 6.54 Å². The molecule has 0 amide bonds. The van der Waals surface area contributed by atoms with Crippen LogP contribution >= 0.6 is 0 Å². The quantitative estimate of drug-likeness (QED) is 0.851. The molecule has 1 aromatic rings. The smallest absolute Gasteiger partial charge is 0.304 e. The summed E-state index contributed by atoms with van der Waals surface area (Å²) in [5.74, 6) is -2.10. The Balaban J connectivity index is 2.73. The van der Waals surface area contributed by atoms with E-state index in [4.69, 9.17) is 5.11 Å². The summed E-state index contributed by atoms with van der Waals surface area (Å²) < 4.78 is 26.3. The molecule has 0 heterocycles. The highest BCUT2D eigenvalue weighted by Crippen LogP contribution is 2.14. The van der Waals surface area contributed by atoms with Gasteiger partial charge in [-0.2, -0.15) is 0 Å². The molecule has 0 radical (unpaired) electrons. The first-order valence-electron chi connectivity index (χ1n) is 5.80. The Bertz CT molecular complexity index is 421. The van der Waals surface area contributed by atoms with Crippen molar-refractivity contribution < 1.29 is 18.7 Å². The Morgan fingerprint density at radius 1 is 1.39 bits per heavy atom. The molecular formula is C13H17F2NO2. The lowest BCUT2D eigenvalue weighted by Gasteiger charge is -2.26. The van der Waals surface area contributed by atoms with E-state index in [-0.39, 0.29) is 19.0 Å². The van der Waals surface area contributed by atoms with Gasteiger partial charge in [-0.25, -0.2) is 8.78 Å². The van der Waals surface area contributed by atoms with Crippen LogP contribution in [0, 0.1) is 11.6 Å². The minimum absolute atomic E-state index is 0.000986. The van der Waals surface area contributed by atoms with E-state index in [0.717, 1.165) is 6.07 Å². The van der Waals surface area contributed by atoms with Crippen molar-refractivity contribution >= 4 is 5.97 Å². The maximum atomic E-state index is 13.5. The third-order valence-corrected chi connectivity index (χ3v) is 2.73. The lowest BCUT2D eigenvalue weighted by atomic mass is 10.1. The first-order valence-corrected chi connectivity index (χ1v) is 5.80. The van der Waals surface area contributed by atoms with Gasteiger partial charge in [-0.1, -0.05) is 6.07 Å². The van der Waals surface area contributed by atoms with Crippen molar-refractivity contribution in [1.82, 2.24) is 4.90 Å². The van der Waals surface area contributed by atoms with E-state index in [0.29, 0.717) is 12.1 Å². The van der Waals surface area contributed by atoms with Crippen LogP contribution in [0.4, 0.5) is 8.78 Å². The number of carboxylic acid groups (broad SMARTS) is 1. The van der Waals surface area contributed by atoms with Crippen LogP contribution in [-0.4, -0.2) is 28.6 Å². The summed E-state index contributed by atoms with van der Waals surface area (Å²) in [6, 6.07) is 3.52. The molecule has 3 nitrogen and oxygen atoms in total. The molecule has 0 bridgehead atoms. The van der Waals surface area contributed by atoms with Crippen LogP contribution < -0.4 is 0 Å². The molecule has 0 aromatic heterocycles. The molecule has 0 aliphatic heterocycles. The first kappa shape index (κ1) is 14.6. The van der Waals surface area contributed by atoms with E-state index in [2.05, 4.69) is 0 Å². The summed E-state index contributed by atoms with van der Waals surface area (Å²) >= 11 is 0. The Morgan fingerprint density at radius 2 is 2.06 bits per heavy atom. The van der Waals surface area contributed by atoms with Crippen LogP contribution in [0.15, 0.2) is 18.2 Å². The third-order valence-electron chi connectivity index (χ3n) is 2.73. The van der Waals surface area contributed by atoms with Crippen LogP contribution in [0.1, 0.15) is 25.8 Å². The zero-order valence-electron chi connectivity index (χ0n) is 10.5. The number of hydrogen-bond acceptors (Lipinski definition) is 2. The minimum Gasteiger partial charge on any atom is -0.481 e. The fraction of sp³-hybridized carbons (Fsp3) is 0.462. The average Bonchev–Trinajstić information content (AvgIpc) is 2.26. The Hall–Kier alpha value is -1.49. The predicted octanol–water partition coefficient (Wildman–Crippen LogP) is 2.65. The molecule has 0 spiro atoms. The van der Waals surface area contributed by atoms with Gasteiger partial charge in [0.2, 0.25) is 0 Å². The highest BCUT2D eigenvalue weighted by atomic mass is 19.1. The van der Waals surface area contributed by atoms with Crippen LogP contribution in [0.5, 0.6) is 0 Å². The summed E-state index contributed by atoms with van der Waals surface area (Å²) in [7, 11) is 0. The van der Waals surface area contributed by atoms with Crippen molar-refractivity contribution in [3.05, 3.63) is 35.4 Å². The summed E-state index contributed by atoms with van der Waals surface area (Å²) in [4.78, 5) is 12.4. The van der Waals surface area contributed by atoms with Gasteiger partial charge in [0, 0.05) is 30.8 Å². The zero-order valence-corrected chi connectivity index (χ0v) is 10.5. The van der Waals surface area contributed by atoms with Gasteiger partial charge in [0.05, 0.1) is 6.42 Å². The Morgan fingerprint density at radius 3 is 2.56 bits per heavy atom. The topological polar surface area (TPSA) is 40.5 Å². The molecule has 0 unspecified atom stereocenters. The molecule has 1 aromatic carbocycles. The number of carboxylic acids is 1. The third kappa shape index (κ3) is 4.41. The van der Waals surface area contributed by atoms with Crippen molar-refractivity contribution in [2.45, 2.75) is 32.9 Å². The second-order valence-electron chi connectivity index (χ2n) is 4.44. The number of benzene rings is 1. The fourth-order valence-corrected chi connectivity index (χ4v) is 1.63. The summed E-state index contributed by atoms with van der Waals surface area (Å²) in [6.45, 7) is 4.42. The highest BCUT2D eigenvalue weighted by molar-refractivity contribution is 5.66. The van der Waals surface area contributed by atoms with E-state index >= 15 is 0 Å². The Labute approximate surface area is 105 Å². The molecule has 5 heteroatoms. The van der Waals surface area contributed by atoms with Gasteiger partial charge in [0.25, 0.3) is 0 Å². The maximum absolute atomic E-state index is 13.5. The zero-order chi connectivity index (χ0) is 13.7. The molecule has 0 aliphatic rings. The average molecular weight is 257 g/mol. The van der Waals surface area contributed by atoms with Crippen LogP contribution in [0.3, 0.4) is 0 Å². The molecule has 0 saturated heterocycles. The molecule has 0 fully saturated rings. The van der Waals surface area contributed by atoms with Gasteiger partial charge in [0.15, 0.2) is 0 Å². The number of rotatable bonds is 6. The van der Waals surface area contributed by atoms with E-state index in [1.54, 1.807) is 0 Å². The van der Waals surface area contributed by atoms with Crippen molar-refractivity contribution in [1.29, 1.82) is 0 Å². The predicted molar refractivity (Wildman–Crippen MR) is 64.2 cm³/mol. The Kier molecular flexibility index (Phi) is 5.22. The van der Waals surface area contributed by atoms with Gasteiger partial charge >= 0.3 is 5.97 Å². The molecule has 0 saturated carbocycles. The normalized spacial score (nSPS) is 11.2. The second kappa shape index (κ2) is 6.44. The number of hydrogen-bond donors (Lipinski definition) is 1. The van der Waals surface area contributed by atoms with E-state index in [9.17, 15) is 13.6 Å². The summed E-state index contributed by atoms with van der Waals surface area (Å²) in [5.41, 5.74) is 0.371. The minimum atomic E-state index is -0.889. The number of aliphatic carboxylic acids is 1. The van der Waals surface area contributed by atoms with Gasteiger partial charge in [0.1, 0.15) is 11.6 Å². The van der Waals surface area contributed by atoms with E-state index in [1.807, 2.05) is 18.7 Å². The van der Waals surface area contributed by atoms with Gasteiger partial charge in [-0.15, -0.1) is 0 Å². The standard InChI is InChI=1S/C13H17F2NO2/c1-9(2)16(6-5-13(17)18)8-10-3-4-11(14)7-12(10)15/h3-4,7,9H,5-6,8H2,1-2H3,(H,17,18). The van der Waals surface area contributed by atoms with E-state index < -0.39 is 17.6 Å². The lowest BCUT2D eigenvalue weighted by Crippen LogP contribution is -2.32. The van der Waals surface area contributed by atoms with Crippen LogP contribution in [0.2, 0.25) is 0 Å². The molecule has 1 N–H and O–H groups in total. The molecule has 100 valence electrons. The maximum Gasteiger partial charge on any atom is 0.304 e. The SMILES string of the molecule is CC(C)N(CCC(=O)O)Cc1ccc(F)cc1F. The monoisotopic (exact) mass is 257 g/mol. The number of carbonyl (C=O) groups is 1. The highest BCUT2D eigenvalue weighted by Gasteiger charge is 2.14. The largest absolute Gasteiger partial charge is 0.481 e. The van der Waals surface area contributed by atoms with Crippen molar-refractivity contribution in [2.24, 2.45) is 0 Å². The number of nitrogens with zero attached hydrogens (tertiary/aromatic N) is 1. The summed E-state index contributed by atoms with van der Waals surface area (Å²) in [6.07, 6.45) is 0.000986.